The smallest absolute Gasteiger partial charge is 0.0188 e. The third-order valence-electron chi connectivity index (χ3n) is 2.96. The minimum absolute atomic E-state index is 0.935. The normalized spacial score (nSPS) is 10.2. The van der Waals surface area contributed by atoms with Crippen LogP contribution in [0.15, 0.2) is 36.9 Å². The lowest BCUT2D eigenvalue weighted by molar-refractivity contribution is 0.544. The van der Waals surface area contributed by atoms with E-state index in [0.717, 1.165) is 5.92 Å². The van der Waals surface area contributed by atoms with Crippen molar-refractivity contribution < 1.29 is 0 Å². The topological polar surface area (TPSA) is 0 Å². The summed E-state index contributed by atoms with van der Waals surface area (Å²) in [6.45, 7) is 12.5. The molecule has 1 aromatic carbocycles. The highest BCUT2D eigenvalue weighted by Gasteiger charge is 1.90. The average molecular weight is 230 g/mol. The van der Waals surface area contributed by atoms with Crippen LogP contribution in [0.3, 0.4) is 0 Å². The van der Waals surface area contributed by atoms with Gasteiger partial charge < -0.3 is 0 Å². The molecule has 0 saturated heterocycles. The maximum absolute atomic E-state index is 3.74. The SMILES string of the molecule is C=Cc1ccccc1/C=C\C.CCC(C)CC. The van der Waals surface area contributed by atoms with Crippen LogP contribution in [0.4, 0.5) is 0 Å². The van der Waals surface area contributed by atoms with Crippen LogP contribution in [0.25, 0.3) is 12.2 Å². The van der Waals surface area contributed by atoms with Crippen LogP contribution in [-0.4, -0.2) is 0 Å². The zero-order valence-corrected chi connectivity index (χ0v) is 11.7. The van der Waals surface area contributed by atoms with Gasteiger partial charge in [0.25, 0.3) is 0 Å². The summed E-state index contributed by atoms with van der Waals surface area (Å²) in [6.07, 6.45) is 8.64. The molecule has 0 nitrogen and oxygen atoms in total. The summed E-state index contributed by atoms with van der Waals surface area (Å²) in [5, 5.41) is 0. The van der Waals surface area contributed by atoms with E-state index in [9.17, 15) is 0 Å². The van der Waals surface area contributed by atoms with E-state index in [2.05, 4.69) is 45.6 Å². The molecule has 0 aromatic heterocycles. The van der Waals surface area contributed by atoms with Gasteiger partial charge in [-0.2, -0.15) is 0 Å². The summed E-state index contributed by atoms with van der Waals surface area (Å²) in [7, 11) is 0. The van der Waals surface area contributed by atoms with Gasteiger partial charge in [0.2, 0.25) is 0 Å². The lowest BCUT2D eigenvalue weighted by Gasteiger charge is -1.98. The molecule has 1 rings (SSSR count). The van der Waals surface area contributed by atoms with Crippen molar-refractivity contribution in [1.82, 2.24) is 0 Å². The van der Waals surface area contributed by atoms with Gasteiger partial charge >= 0.3 is 0 Å². The van der Waals surface area contributed by atoms with Crippen molar-refractivity contribution in [3.8, 4) is 0 Å². The third kappa shape index (κ3) is 6.78. The van der Waals surface area contributed by atoms with E-state index in [1.165, 1.54) is 24.0 Å². The molecule has 0 aliphatic rings. The molecule has 0 fully saturated rings. The maximum atomic E-state index is 3.74. The molecule has 0 atom stereocenters. The van der Waals surface area contributed by atoms with Gasteiger partial charge in [0.15, 0.2) is 0 Å². The first-order chi connectivity index (χ1) is 8.19. The Hall–Kier alpha value is -1.30. The fourth-order valence-corrected chi connectivity index (χ4v) is 1.32. The molecule has 0 saturated carbocycles. The molecule has 17 heavy (non-hydrogen) atoms. The molecule has 0 N–H and O–H groups in total. The highest BCUT2D eigenvalue weighted by atomic mass is 14.0. The number of hydrogen-bond donors (Lipinski definition) is 0. The van der Waals surface area contributed by atoms with E-state index in [0.29, 0.717) is 0 Å². The van der Waals surface area contributed by atoms with Crippen LogP contribution in [0.5, 0.6) is 0 Å². The molecule has 0 bridgehead atoms. The van der Waals surface area contributed by atoms with Gasteiger partial charge in [-0.1, -0.05) is 82.7 Å². The lowest BCUT2D eigenvalue weighted by atomic mass is 10.1. The van der Waals surface area contributed by atoms with Gasteiger partial charge in [-0.25, -0.2) is 0 Å². The summed E-state index contributed by atoms with van der Waals surface area (Å²) in [5.41, 5.74) is 2.41. The molecule has 0 aliphatic carbocycles. The van der Waals surface area contributed by atoms with Crippen molar-refractivity contribution >= 4 is 12.2 Å². The summed E-state index contributed by atoms with van der Waals surface area (Å²) >= 11 is 0. The molecule has 0 amide bonds. The van der Waals surface area contributed by atoms with E-state index in [1.54, 1.807) is 0 Å². The van der Waals surface area contributed by atoms with Crippen molar-refractivity contribution in [2.45, 2.75) is 40.5 Å². The Balaban J connectivity index is 0.000000366. The zero-order chi connectivity index (χ0) is 13.1. The number of benzene rings is 1. The molecule has 0 heterocycles. The van der Waals surface area contributed by atoms with E-state index >= 15 is 0 Å². The second kappa shape index (κ2) is 9.89. The first-order valence-electron chi connectivity index (χ1n) is 6.53. The van der Waals surface area contributed by atoms with Crippen LogP contribution in [0.2, 0.25) is 0 Å². The first kappa shape index (κ1) is 15.7. The third-order valence-corrected chi connectivity index (χ3v) is 2.96. The Morgan fingerprint density at radius 3 is 2.00 bits per heavy atom. The summed E-state index contributed by atoms with van der Waals surface area (Å²) in [4.78, 5) is 0. The van der Waals surface area contributed by atoms with Crippen molar-refractivity contribution in [2.24, 2.45) is 5.92 Å². The van der Waals surface area contributed by atoms with Gasteiger partial charge in [0.05, 0.1) is 0 Å². The largest absolute Gasteiger partial charge is 0.0984 e. The molecule has 0 spiro atoms. The highest BCUT2D eigenvalue weighted by Crippen LogP contribution is 2.11. The predicted octanol–water partition coefficient (Wildman–Crippen LogP) is 5.81. The van der Waals surface area contributed by atoms with Crippen LogP contribution in [0.1, 0.15) is 51.7 Å². The predicted molar refractivity (Wildman–Crippen MR) is 81.0 cm³/mol. The van der Waals surface area contributed by atoms with Gasteiger partial charge in [0.1, 0.15) is 0 Å². The van der Waals surface area contributed by atoms with Crippen molar-refractivity contribution in [3.05, 3.63) is 48.0 Å². The molecule has 94 valence electrons. The Labute approximate surface area is 107 Å². The second-order valence-corrected chi connectivity index (χ2v) is 4.25. The quantitative estimate of drug-likeness (QED) is 0.612. The fraction of sp³-hybridized carbons (Fsp3) is 0.412. The molecular weight excluding hydrogens is 204 g/mol. The van der Waals surface area contributed by atoms with Gasteiger partial charge in [0, 0.05) is 0 Å². The minimum Gasteiger partial charge on any atom is -0.0984 e. The first-order valence-corrected chi connectivity index (χ1v) is 6.53. The van der Waals surface area contributed by atoms with E-state index in [-0.39, 0.29) is 0 Å². The Morgan fingerprint density at radius 1 is 1.12 bits per heavy atom. The number of allylic oxidation sites excluding steroid dienone is 1. The molecule has 0 aliphatic heterocycles. The molecule has 1 aromatic rings. The molecule has 0 radical (unpaired) electrons. The maximum Gasteiger partial charge on any atom is -0.0188 e. The molecular formula is C17H26. The Kier molecular flexibility index (Phi) is 9.14. The Bertz CT molecular complexity index is 330. The summed E-state index contributed by atoms with van der Waals surface area (Å²) in [6, 6.07) is 8.19. The van der Waals surface area contributed by atoms with Crippen molar-refractivity contribution in [2.75, 3.05) is 0 Å². The monoisotopic (exact) mass is 230 g/mol. The van der Waals surface area contributed by atoms with Gasteiger partial charge in [-0.15, -0.1) is 0 Å². The van der Waals surface area contributed by atoms with E-state index < -0.39 is 0 Å². The molecule has 0 heteroatoms. The van der Waals surface area contributed by atoms with Gasteiger partial charge in [-0.05, 0) is 24.0 Å². The zero-order valence-electron chi connectivity index (χ0n) is 11.7. The highest BCUT2D eigenvalue weighted by molar-refractivity contribution is 5.63. The summed E-state index contributed by atoms with van der Waals surface area (Å²) < 4.78 is 0. The van der Waals surface area contributed by atoms with Crippen molar-refractivity contribution in [1.29, 1.82) is 0 Å². The summed E-state index contributed by atoms with van der Waals surface area (Å²) in [5.74, 6) is 0.935. The van der Waals surface area contributed by atoms with Crippen LogP contribution < -0.4 is 0 Å². The van der Waals surface area contributed by atoms with E-state index in [4.69, 9.17) is 0 Å². The average Bonchev–Trinajstić information content (AvgIpc) is 2.39. The standard InChI is InChI=1S/C11H12.C6H14/c1-3-7-11-9-6-5-8-10(11)4-2;1-4-6(3)5-2/h3-9H,2H2,1H3;6H,4-5H2,1-3H3/b7-3-;. The molecule has 0 unspecified atom stereocenters. The fourth-order valence-electron chi connectivity index (χ4n) is 1.32. The number of rotatable bonds is 4. The minimum atomic E-state index is 0.935. The van der Waals surface area contributed by atoms with Crippen LogP contribution >= 0.6 is 0 Å². The number of hydrogen-bond acceptors (Lipinski definition) is 0. The lowest BCUT2D eigenvalue weighted by Crippen LogP contribution is -1.85. The van der Waals surface area contributed by atoms with Crippen LogP contribution in [0, 0.1) is 5.92 Å². The van der Waals surface area contributed by atoms with Crippen molar-refractivity contribution in [3.63, 3.8) is 0 Å². The van der Waals surface area contributed by atoms with Crippen LogP contribution in [-0.2, 0) is 0 Å². The van der Waals surface area contributed by atoms with Gasteiger partial charge in [-0.3, -0.25) is 0 Å². The second-order valence-electron chi connectivity index (χ2n) is 4.25. The van der Waals surface area contributed by atoms with E-state index in [1.807, 2.05) is 31.2 Å². The Morgan fingerprint density at radius 2 is 1.65 bits per heavy atom.